The van der Waals surface area contributed by atoms with Crippen molar-refractivity contribution in [1.82, 2.24) is 20.4 Å². The maximum Gasteiger partial charge on any atom is 0.251 e. The number of fused-ring (bicyclic) bond motifs is 1. The Morgan fingerprint density at radius 1 is 1.12 bits per heavy atom. The summed E-state index contributed by atoms with van der Waals surface area (Å²) in [5.74, 6) is 1.03. The standard InChI is InChI=1S/C25H20N4O4/c1-31-19-7-4-17(5-8-19)25-28-21(15-32-25)23-20-13-18(6-9-22(20)33-29-23)24(30)27-12-10-16-3-2-11-26-14-16/h2-9,11,13-15H,10,12H2,1H3,(H,27,30). The van der Waals surface area contributed by atoms with Crippen LogP contribution in [-0.4, -0.2) is 34.7 Å². The van der Waals surface area contributed by atoms with E-state index in [0.29, 0.717) is 46.8 Å². The zero-order valence-corrected chi connectivity index (χ0v) is 17.8. The molecule has 1 N–H and O–H groups in total. The SMILES string of the molecule is COc1ccc(-c2nc(-c3noc4ccc(C(=O)NCCc5cccnc5)cc34)co2)cc1. The summed E-state index contributed by atoms with van der Waals surface area (Å²) in [6, 6.07) is 16.5. The highest BCUT2D eigenvalue weighted by molar-refractivity contribution is 6.00. The van der Waals surface area contributed by atoms with Crippen molar-refractivity contribution in [2.24, 2.45) is 0 Å². The minimum atomic E-state index is -0.174. The van der Waals surface area contributed by atoms with Gasteiger partial charge in [-0.15, -0.1) is 0 Å². The third-order valence-electron chi connectivity index (χ3n) is 5.24. The fourth-order valence-corrected chi connectivity index (χ4v) is 3.48. The molecule has 2 aromatic carbocycles. The van der Waals surface area contributed by atoms with Gasteiger partial charge in [-0.05, 0) is 60.5 Å². The van der Waals surface area contributed by atoms with Gasteiger partial charge < -0.3 is 19.0 Å². The van der Waals surface area contributed by atoms with E-state index in [9.17, 15) is 4.79 Å². The fraction of sp³-hybridized carbons (Fsp3) is 0.120. The number of carbonyl (C=O) groups excluding carboxylic acids is 1. The van der Waals surface area contributed by atoms with Crippen molar-refractivity contribution in [3.8, 4) is 28.6 Å². The molecule has 0 atom stereocenters. The Labute approximate surface area is 189 Å². The van der Waals surface area contributed by atoms with Crippen LogP contribution in [0.25, 0.3) is 33.8 Å². The number of methoxy groups -OCH3 is 1. The molecule has 8 heteroatoms. The number of pyridine rings is 1. The second-order valence-electron chi connectivity index (χ2n) is 7.38. The van der Waals surface area contributed by atoms with Gasteiger partial charge in [0.05, 0.1) is 12.5 Å². The molecule has 0 aliphatic carbocycles. The van der Waals surface area contributed by atoms with E-state index in [1.54, 1.807) is 37.7 Å². The van der Waals surface area contributed by atoms with Gasteiger partial charge in [0.15, 0.2) is 5.58 Å². The topological polar surface area (TPSA) is 103 Å². The zero-order valence-electron chi connectivity index (χ0n) is 17.8. The molecule has 5 aromatic rings. The van der Waals surface area contributed by atoms with E-state index in [0.717, 1.165) is 16.9 Å². The van der Waals surface area contributed by atoms with Crippen LogP contribution in [0.1, 0.15) is 15.9 Å². The first-order chi connectivity index (χ1) is 16.2. The normalized spacial score (nSPS) is 10.9. The third kappa shape index (κ3) is 4.31. The predicted octanol–water partition coefficient (Wildman–Crippen LogP) is 4.53. The van der Waals surface area contributed by atoms with Crippen molar-refractivity contribution in [3.05, 3.63) is 84.4 Å². The van der Waals surface area contributed by atoms with Gasteiger partial charge in [0.25, 0.3) is 5.91 Å². The van der Waals surface area contributed by atoms with Gasteiger partial charge in [0.2, 0.25) is 5.89 Å². The number of nitrogens with one attached hydrogen (secondary N) is 1. The molecule has 3 aromatic heterocycles. The van der Waals surface area contributed by atoms with Crippen molar-refractivity contribution in [3.63, 3.8) is 0 Å². The Hall–Kier alpha value is -4.46. The lowest BCUT2D eigenvalue weighted by Crippen LogP contribution is -2.25. The van der Waals surface area contributed by atoms with E-state index < -0.39 is 0 Å². The highest BCUT2D eigenvalue weighted by Crippen LogP contribution is 2.31. The van der Waals surface area contributed by atoms with E-state index in [2.05, 4.69) is 20.4 Å². The summed E-state index contributed by atoms with van der Waals surface area (Å²) in [6.45, 7) is 0.508. The Balaban J connectivity index is 1.35. The summed E-state index contributed by atoms with van der Waals surface area (Å²) in [4.78, 5) is 21.3. The molecular weight excluding hydrogens is 420 g/mol. The summed E-state index contributed by atoms with van der Waals surface area (Å²) in [5, 5.41) is 7.77. The number of hydrogen-bond donors (Lipinski definition) is 1. The monoisotopic (exact) mass is 440 g/mol. The van der Waals surface area contributed by atoms with E-state index in [1.807, 2.05) is 36.4 Å². The molecular formula is C25H20N4O4. The van der Waals surface area contributed by atoms with Crippen LogP contribution in [0.5, 0.6) is 5.75 Å². The van der Waals surface area contributed by atoms with Gasteiger partial charge in [-0.3, -0.25) is 9.78 Å². The largest absolute Gasteiger partial charge is 0.497 e. The van der Waals surface area contributed by atoms with E-state index in [4.69, 9.17) is 13.7 Å². The Bertz CT molecular complexity index is 1390. The summed E-state index contributed by atoms with van der Waals surface area (Å²) >= 11 is 0. The van der Waals surface area contributed by atoms with Crippen LogP contribution in [0.3, 0.4) is 0 Å². The molecule has 0 aliphatic rings. The number of nitrogens with zero attached hydrogens (tertiary/aromatic N) is 3. The first-order valence-corrected chi connectivity index (χ1v) is 10.4. The molecule has 3 heterocycles. The summed E-state index contributed by atoms with van der Waals surface area (Å²) in [5.41, 5.74) is 3.98. The maximum atomic E-state index is 12.7. The molecule has 0 radical (unpaired) electrons. The lowest BCUT2D eigenvalue weighted by Gasteiger charge is -2.05. The number of benzene rings is 2. The van der Waals surface area contributed by atoms with Crippen LogP contribution in [0.2, 0.25) is 0 Å². The lowest BCUT2D eigenvalue weighted by atomic mass is 10.1. The first kappa shape index (κ1) is 20.4. The third-order valence-corrected chi connectivity index (χ3v) is 5.24. The van der Waals surface area contributed by atoms with Crippen molar-refractivity contribution in [2.45, 2.75) is 6.42 Å². The van der Waals surface area contributed by atoms with Crippen LogP contribution in [0.4, 0.5) is 0 Å². The van der Waals surface area contributed by atoms with Crippen LogP contribution < -0.4 is 10.1 Å². The second kappa shape index (κ2) is 8.96. The van der Waals surface area contributed by atoms with Crippen molar-refractivity contribution >= 4 is 16.9 Å². The van der Waals surface area contributed by atoms with Crippen molar-refractivity contribution < 1.29 is 18.5 Å². The number of amides is 1. The number of hydrogen-bond acceptors (Lipinski definition) is 7. The van der Waals surface area contributed by atoms with Gasteiger partial charge in [-0.1, -0.05) is 11.2 Å². The van der Waals surface area contributed by atoms with Crippen LogP contribution in [0, 0.1) is 0 Å². The van der Waals surface area contributed by atoms with Crippen LogP contribution >= 0.6 is 0 Å². The number of ether oxygens (including phenoxy) is 1. The van der Waals surface area contributed by atoms with Crippen LogP contribution in [0.15, 0.2) is 82.2 Å². The quantitative estimate of drug-likeness (QED) is 0.397. The molecule has 0 unspecified atom stereocenters. The average molecular weight is 440 g/mol. The molecule has 0 saturated carbocycles. The van der Waals surface area contributed by atoms with Gasteiger partial charge in [0, 0.05) is 30.1 Å². The molecule has 164 valence electrons. The molecule has 0 saturated heterocycles. The zero-order chi connectivity index (χ0) is 22.6. The number of aromatic nitrogens is 3. The van der Waals surface area contributed by atoms with Crippen molar-refractivity contribution in [2.75, 3.05) is 13.7 Å². The molecule has 0 fully saturated rings. The lowest BCUT2D eigenvalue weighted by molar-refractivity contribution is 0.0954. The van der Waals surface area contributed by atoms with Gasteiger partial charge in [-0.2, -0.15) is 0 Å². The van der Waals surface area contributed by atoms with E-state index in [-0.39, 0.29) is 5.91 Å². The highest BCUT2D eigenvalue weighted by Gasteiger charge is 2.17. The van der Waals surface area contributed by atoms with E-state index in [1.165, 1.54) is 6.26 Å². The highest BCUT2D eigenvalue weighted by atomic mass is 16.5. The van der Waals surface area contributed by atoms with Gasteiger partial charge in [0.1, 0.15) is 23.4 Å². The molecule has 0 aliphatic heterocycles. The average Bonchev–Trinajstić information content (AvgIpc) is 3.51. The minimum Gasteiger partial charge on any atom is -0.497 e. The van der Waals surface area contributed by atoms with Crippen LogP contribution in [-0.2, 0) is 6.42 Å². The first-order valence-electron chi connectivity index (χ1n) is 10.4. The Kier molecular flexibility index (Phi) is 5.55. The minimum absolute atomic E-state index is 0.174. The van der Waals surface area contributed by atoms with Crippen molar-refractivity contribution in [1.29, 1.82) is 0 Å². The molecule has 0 bridgehead atoms. The molecule has 5 rings (SSSR count). The number of carbonyl (C=O) groups is 1. The van der Waals surface area contributed by atoms with Gasteiger partial charge >= 0.3 is 0 Å². The summed E-state index contributed by atoms with van der Waals surface area (Å²) in [6.07, 6.45) is 5.74. The van der Waals surface area contributed by atoms with Gasteiger partial charge in [-0.25, -0.2) is 4.98 Å². The Morgan fingerprint density at radius 3 is 2.79 bits per heavy atom. The molecule has 8 nitrogen and oxygen atoms in total. The summed E-state index contributed by atoms with van der Waals surface area (Å²) in [7, 11) is 1.61. The number of rotatable bonds is 7. The summed E-state index contributed by atoms with van der Waals surface area (Å²) < 4.78 is 16.3. The number of oxazole rings is 1. The molecule has 1 amide bonds. The Morgan fingerprint density at radius 2 is 2.00 bits per heavy atom. The van der Waals surface area contributed by atoms with E-state index >= 15 is 0 Å². The molecule has 0 spiro atoms. The smallest absolute Gasteiger partial charge is 0.251 e. The fourth-order valence-electron chi connectivity index (χ4n) is 3.48. The maximum absolute atomic E-state index is 12.7. The predicted molar refractivity (Wildman–Crippen MR) is 122 cm³/mol. The second-order valence-corrected chi connectivity index (χ2v) is 7.38. The molecule has 33 heavy (non-hydrogen) atoms.